The molecule has 1 aromatic carbocycles. The third-order valence-electron chi connectivity index (χ3n) is 2.99. The van der Waals surface area contributed by atoms with E-state index in [0.717, 1.165) is 17.3 Å². The van der Waals surface area contributed by atoms with E-state index in [0.29, 0.717) is 5.56 Å². The molecule has 3 heteroatoms. The minimum absolute atomic E-state index is 0.0783. The Morgan fingerprint density at radius 1 is 1.24 bits per heavy atom. The number of carbonyl (C=O) groups excluding carboxylic acids is 1. The largest absolute Gasteiger partial charge is 0.459 e. The Balaban J connectivity index is 2.31. The van der Waals surface area contributed by atoms with Gasteiger partial charge < -0.3 is 4.74 Å². The lowest BCUT2D eigenvalue weighted by atomic mass is 9.90. The maximum Gasteiger partial charge on any atom is 0.339 e. The quantitative estimate of drug-likeness (QED) is 0.774. The molecule has 0 N–H and O–H groups in total. The number of halogens is 1. The van der Waals surface area contributed by atoms with Crippen molar-refractivity contribution >= 4 is 21.9 Å². The van der Waals surface area contributed by atoms with Gasteiger partial charge in [-0.05, 0) is 78.7 Å². The van der Waals surface area contributed by atoms with Crippen LogP contribution in [0, 0.1) is 0 Å². The van der Waals surface area contributed by atoms with Crippen molar-refractivity contribution in [3.63, 3.8) is 0 Å². The van der Waals surface area contributed by atoms with Crippen LogP contribution < -0.4 is 0 Å². The van der Waals surface area contributed by atoms with Gasteiger partial charge in [0.15, 0.2) is 0 Å². The van der Waals surface area contributed by atoms with Gasteiger partial charge in [0.1, 0.15) is 0 Å². The summed E-state index contributed by atoms with van der Waals surface area (Å²) in [6, 6.07) is 4.06. The second-order valence-corrected chi connectivity index (χ2v) is 5.62. The number of hydrogen-bond acceptors (Lipinski definition) is 2. The number of fused-ring (bicyclic) bond motifs is 1. The predicted molar refractivity (Wildman–Crippen MR) is 71.3 cm³/mol. The summed E-state index contributed by atoms with van der Waals surface area (Å²) in [5.74, 6) is -0.236. The highest BCUT2D eigenvalue weighted by atomic mass is 79.9. The van der Waals surface area contributed by atoms with E-state index in [1.165, 1.54) is 24.0 Å². The predicted octanol–water partition coefficient (Wildman–Crippen LogP) is 3.89. The lowest BCUT2D eigenvalue weighted by Gasteiger charge is -2.18. The molecule has 0 saturated heterocycles. The zero-order chi connectivity index (χ0) is 12.4. The van der Waals surface area contributed by atoms with E-state index < -0.39 is 0 Å². The molecule has 0 heterocycles. The summed E-state index contributed by atoms with van der Waals surface area (Å²) in [6.45, 7) is 3.73. The summed E-state index contributed by atoms with van der Waals surface area (Å²) in [5, 5.41) is 0. The summed E-state index contributed by atoms with van der Waals surface area (Å²) in [4.78, 5) is 11.9. The molecule has 1 aliphatic rings. The molecule has 1 aromatic rings. The normalized spacial score (nSPS) is 14.6. The van der Waals surface area contributed by atoms with Crippen molar-refractivity contribution in [2.24, 2.45) is 0 Å². The van der Waals surface area contributed by atoms with Crippen molar-refractivity contribution in [2.75, 3.05) is 0 Å². The second-order valence-electron chi connectivity index (χ2n) is 4.76. The van der Waals surface area contributed by atoms with Crippen LogP contribution in [-0.2, 0) is 17.6 Å². The second kappa shape index (κ2) is 5.21. The van der Waals surface area contributed by atoms with Gasteiger partial charge in [-0.1, -0.05) is 0 Å². The highest BCUT2D eigenvalue weighted by molar-refractivity contribution is 9.10. The fraction of sp³-hybridized carbons (Fsp3) is 0.500. The van der Waals surface area contributed by atoms with Gasteiger partial charge in [0.2, 0.25) is 0 Å². The monoisotopic (exact) mass is 296 g/mol. The topological polar surface area (TPSA) is 26.3 Å². The summed E-state index contributed by atoms with van der Waals surface area (Å²) >= 11 is 3.47. The maximum absolute atomic E-state index is 11.9. The van der Waals surface area contributed by atoms with E-state index in [1.807, 2.05) is 19.9 Å². The van der Waals surface area contributed by atoms with Crippen molar-refractivity contribution < 1.29 is 9.53 Å². The van der Waals surface area contributed by atoms with E-state index in [-0.39, 0.29) is 12.1 Å². The Hall–Kier alpha value is -0.830. The van der Waals surface area contributed by atoms with Crippen LogP contribution in [0.4, 0.5) is 0 Å². The standard InChI is InChI=1S/C14H17BrO2/c1-9(2)17-14(16)12-7-10-5-3-4-6-11(10)8-13(12)15/h7-9H,3-6H2,1-2H3. The van der Waals surface area contributed by atoms with Gasteiger partial charge in [-0.2, -0.15) is 0 Å². The Morgan fingerprint density at radius 2 is 1.82 bits per heavy atom. The van der Waals surface area contributed by atoms with E-state index in [1.54, 1.807) is 0 Å². The lowest BCUT2D eigenvalue weighted by Crippen LogP contribution is -2.14. The average molecular weight is 297 g/mol. The maximum atomic E-state index is 11.9. The first-order valence-corrected chi connectivity index (χ1v) is 6.89. The lowest BCUT2D eigenvalue weighted by molar-refractivity contribution is 0.0376. The van der Waals surface area contributed by atoms with Crippen LogP contribution in [0.2, 0.25) is 0 Å². The molecule has 0 aliphatic heterocycles. The third kappa shape index (κ3) is 2.89. The molecule has 2 rings (SSSR count). The van der Waals surface area contributed by atoms with Gasteiger partial charge >= 0.3 is 5.97 Å². The zero-order valence-corrected chi connectivity index (χ0v) is 11.8. The molecule has 0 radical (unpaired) electrons. The van der Waals surface area contributed by atoms with E-state index in [9.17, 15) is 4.79 Å². The van der Waals surface area contributed by atoms with Crippen LogP contribution in [0.3, 0.4) is 0 Å². The highest BCUT2D eigenvalue weighted by Gasteiger charge is 2.18. The van der Waals surface area contributed by atoms with Crippen LogP contribution in [0.1, 0.15) is 48.2 Å². The zero-order valence-electron chi connectivity index (χ0n) is 10.3. The van der Waals surface area contributed by atoms with Crippen LogP contribution in [0.5, 0.6) is 0 Å². The molecule has 1 aliphatic carbocycles. The minimum Gasteiger partial charge on any atom is -0.459 e. The van der Waals surface area contributed by atoms with Crippen LogP contribution >= 0.6 is 15.9 Å². The fourth-order valence-corrected chi connectivity index (χ4v) is 2.74. The molecule has 0 bridgehead atoms. The summed E-state index contributed by atoms with van der Waals surface area (Å²) in [7, 11) is 0. The fourth-order valence-electron chi connectivity index (χ4n) is 2.19. The van der Waals surface area contributed by atoms with Crippen molar-refractivity contribution in [3.8, 4) is 0 Å². The number of rotatable bonds is 2. The van der Waals surface area contributed by atoms with E-state index >= 15 is 0 Å². The molecular weight excluding hydrogens is 280 g/mol. The average Bonchev–Trinajstić information content (AvgIpc) is 2.27. The number of ether oxygens (including phenoxy) is 1. The van der Waals surface area contributed by atoms with Gasteiger partial charge in [0, 0.05) is 4.47 Å². The Kier molecular flexibility index (Phi) is 3.87. The molecule has 17 heavy (non-hydrogen) atoms. The molecular formula is C14H17BrO2. The van der Waals surface area contributed by atoms with Gasteiger partial charge in [0.25, 0.3) is 0 Å². The van der Waals surface area contributed by atoms with Gasteiger partial charge in [0.05, 0.1) is 11.7 Å². The summed E-state index contributed by atoms with van der Waals surface area (Å²) in [6.07, 6.45) is 4.58. The first-order valence-electron chi connectivity index (χ1n) is 6.10. The van der Waals surface area contributed by atoms with Crippen LogP contribution in [0.25, 0.3) is 0 Å². The van der Waals surface area contributed by atoms with Gasteiger partial charge in [-0.25, -0.2) is 4.79 Å². The molecule has 2 nitrogen and oxygen atoms in total. The summed E-state index contributed by atoms with van der Waals surface area (Å²) in [5.41, 5.74) is 3.32. The van der Waals surface area contributed by atoms with Crippen molar-refractivity contribution in [2.45, 2.75) is 45.6 Å². The number of aryl methyl sites for hydroxylation is 2. The number of benzene rings is 1. The molecule has 0 spiro atoms. The van der Waals surface area contributed by atoms with Crippen molar-refractivity contribution in [1.82, 2.24) is 0 Å². The molecule has 0 saturated carbocycles. The highest BCUT2D eigenvalue weighted by Crippen LogP contribution is 2.28. The Morgan fingerprint density at radius 3 is 2.41 bits per heavy atom. The number of hydrogen-bond donors (Lipinski definition) is 0. The van der Waals surface area contributed by atoms with Crippen molar-refractivity contribution in [3.05, 3.63) is 33.3 Å². The van der Waals surface area contributed by atoms with Crippen LogP contribution in [0.15, 0.2) is 16.6 Å². The van der Waals surface area contributed by atoms with E-state index in [2.05, 4.69) is 22.0 Å². The minimum atomic E-state index is -0.236. The van der Waals surface area contributed by atoms with Crippen LogP contribution in [-0.4, -0.2) is 12.1 Å². The number of esters is 1. The molecule has 0 unspecified atom stereocenters. The third-order valence-corrected chi connectivity index (χ3v) is 3.65. The SMILES string of the molecule is CC(C)OC(=O)c1cc2c(cc1Br)CCCC2. The first kappa shape index (κ1) is 12.6. The molecule has 0 aromatic heterocycles. The number of carbonyl (C=O) groups is 1. The van der Waals surface area contributed by atoms with Gasteiger partial charge in [-0.3, -0.25) is 0 Å². The molecule has 0 fully saturated rings. The van der Waals surface area contributed by atoms with Crippen molar-refractivity contribution in [1.29, 1.82) is 0 Å². The molecule has 0 amide bonds. The Labute approximate surface area is 110 Å². The van der Waals surface area contributed by atoms with Gasteiger partial charge in [-0.15, -0.1) is 0 Å². The summed E-state index contributed by atoms with van der Waals surface area (Å²) < 4.78 is 6.09. The molecule has 0 atom stereocenters. The Bertz CT molecular complexity index is 438. The smallest absolute Gasteiger partial charge is 0.339 e. The van der Waals surface area contributed by atoms with E-state index in [4.69, 9.17) is 4.74 Å². The first-order chi connectivity index (χ1) is 8.08. The molecule has 92 valence electrons.